The van der Waals surface area contributed by atoms with E-state index < -0.39 is 0 Å². The average molecular weight is 458 g/mol. The van der Waals surface area contributed by atoms with Crippen LogP contribution in [0.25, 0.3) is 0 Å². The van der Waals surface area contributed by atoms with Crippen LogP contribution in [0.5, 0.6) is 0 Å². The van der Waals surface area contributed by atoms with Crippen LogP contribution in [0, 0.1) is 0 Å². The fourth-order valence-corrected chi connectivity index (χ4v) is 5.05. The predicted octanol–water partition coefficient (Wildman–Crippen LogP) is 10.9. The van der Waals surface area contributed by atoms with Crippen LogP contribution >= 0.6 is 0 Å². The van der Waals surface area contributed by atoms with E-state index in [2.05, 4.69) is 56.0 Å². The van der Waals surface area contributed by atoms with Gasteiger partial charge in [-0.15, -0.1) is 0 Å². The minimum absolute atomic E-state index is 0.545. The first-order valence-electron chi connectivity index (χ1n) is 15.1. The predicted molar refractivity (Wildman–Crippen MR) is 150 cm³/mol. The number of benzene rings is 1. The topological polar surface area (TPSA) is 3.24 Å². The average Bonchev–Trinajstić information content (AvgIpc) is 2.85. The second-order valence-corrected chi connectivity index (χ2v) is 10.5. The summed E-state index contributed by atoms with van der Waals surface area (Å²) in [4.78, 5) is 2.77. The molecule has 33 heavy (non-hydrogen) atoms. The second-order valence-electron chi connectivity index (χ2n) is 10.5. The maximum atomic E-state index is 2.77. The molecule has 0 N–H and O–H groups in total. The summed E-state index contributed by atoms with van der Waals surface area (Å²) in [5, 5.41) is 0. The molecule has 1 atom stereocenters. The third kappa shape index (κ3) is 17.3. The van der Waals surface area contributed by atoms with Gasteiger partial charge in [-0.1, -0.05) is 160 Å². The normalized spacial score (nSPS) is 12.5. The number of hydrogen-bond donors (Lipinski definition) is 0. The molecule has 0 aliphatic carbocycles. The maximum absolute atomic E-state index is 2.77. The highest BCUT2D eigenvalue weighted by atomic mass is 15.1. The SMILES string of the molecule is CCCCCCCCCCCCN(CCCCCCCCCCCC)C(C)c1ccccc1. The Bertz CT molecular complexity index is 472. The molecule has 0 spiro atoms. The zero-order valence-electron chi connectivity index (χ0n) is 23.0. The molecule has 1 aromatic rings. The van der Waals surface area contributed by atoms with Gasteiger partial charge in [0.2, 0.25) is 0 Å². The van der Waals surface area contributed by atoms with Crippen LogP contribution in [0.3, 0.4) is 0 Å². The Kier molecular flexibility index (Phi) is 21.0. The van der Waals surface area contributed by atoms with E-state index >= 15 is 0 Å². The van der Waals surface area contributed by atoms with E-state index in [4.69, 9.17) is 0 Å². The van der Waals surface area contributed by atoms with E-state index in [0.29, 0.717) is 6.04 Å². The lowest BCUT2D eigenvalue weighted by molar-refractivity contribution is 0.201. The first kappa shape index (κ1) is 30.2. The molecule has 1 nitrogen and oxygen atoms in total. The van der Waals surface area contributed by atoms with Crippen LogP contribution in [0.15, 0.2) is 30.3 Å². The summed E-state index contributed by atoms with van der Waals surface area (Å²) in [6.45, 7) is 9.56. The highest BCUT2D eigenvalue weighted by Gasteiger charge is 2.14. The van der Waals surface area contributed by atoms with Crippen molar-refractivity contribution in [1.29, 1.82) is 0 Å². The molecule has 0 fully saturated rings. The maximum Gasteiger partial charge on any atom is 0.0319 e. The van der Waals surface area contributed by atoms with Gasteiger partial charge in [0.15, 0.2) is 0 Å². The molecule has 0 bridgehead atoms. The zero-order chi connectivity index (χ0) is 23.8. The fourth-order valence-electron chi connectivity index (χ4n) is 5.05. The molecule has 0 radical (unpaired) electrons. The summed E-state index contributed by atoms with van der Waals surface area (Å²) in [5.74, 6) is 0. The van der Waals surface area contributed by atoms with E-state index in [-0.39, 0.29) is 0 Å². The van der Waals surface area contributed by atoms with Gasteiger partial charge in [-0.05, 0) is 38.4 Å². The Morgan fingerprint density at radius 1 is 0.485 bits per heavy atom. The van der Waals surface area contributed by atoms with Crippen molar-refractivity contribution in [3.63, 3.8) is 0 Å². The third-order valence-electron chi connectivity index (χ3n) is 7.43. The highest BCUT2D eigenvalue weighted by molar-refractivity contribution is 5.18. The number of nitrogens with zero attached hydrogens (tertiary/aromatic N) is 1. The summed E-state index contributed by atoms with van der Waals surface area (Å²) in [5.41, 5.74) is 1.48. The van der Waals surface area contributed by atoms with Gasteiger partial charge < -0.3 is 0 Å². The first-order valence-corrected chi connectivity index (χ1v) is 15.1. The smallest absolute Gasteiger partial charge is 0.0319 e. The lowest BCUT2D eigenvalue weighted by Crippen LogP contribution is -2.29. The molecule has 0 amide bonds. The van der Waals surface area contributed by atoms with Gasteiger partial charge in [0.05, 0.1) is 0 Å². The summed E-state index contributed by atoms with van der Waals surface area (Å²) in [6, 6.07) is 11.7. The largest absolute Gasteiger partial charge is 0.297 e. The van der Waals surface area contributed by atoms with E-state index in [1.807, 2.05) is 0 Å². The van der Waals surface area contributed by atoms with Crippen molar-refractivity contribution in [2.24, 2.45) is 0 Å². The number of unbranched alkanes of at least 4 members (excludes halogenated alkanes) is 18. The molecular weight excluding hydrogens is 398 g/mol. The Balaban J connectivity index is 2.21. The number of rotatable bonds is 24. The Hall–Kier alpha value is -0.820. The fraction of sp³-hybridized carbons (Fsp3) is 0.812. The lowest BCUT2D eigenvalue weighted by Gasteiger charge is -2.29. The minimum Gasteiger partial charge on any atom is -0.297 e. The molecule has 1 unspecified atom stereocenters. The van der Waals surface area contributed by atoms with Gasteiger partial charge in [-0.25, -0.2) is 0 Å². The Morgan fingerprint density at radius 3 is 1.18 bits per heavy atom. The van der Waals surface area contributed by atoms with E-state index in [1.54, 1.807) is 0 Å². The summed E-state index contributed by atoms with van der Waals surface area (Å²) < 4.78 is 0. The van der Waals surface area contributed by atoms with E-state index in [1.165, 1.54) is 147 Å². The van der Waals surface area contributed by atoms with Crippen LogP contribution in [0.4, 0.5) is 0 Å². The van der Waals surface area contributed by atoms with Crippen molar-refractivity contribution in [2.45, 2.75) is 155 Å². The van der Waals surface area contributed by atoms with Crippen molar-refractivity contribution < 1.29 is 0 Å². The van der Waals surface area contributed by atoms with Crippen molar-refractivity contribution >= 4 is 0 Å². The zero-order valence-corrected chi connectivity index (χ0v) is 23.0. The monoisotopic (exact) mass is 457 g/mol. The molecule has 0 heterocycles. The van der Waals surface area contributed by atoms with Crippen molar-refractivity contribution in [3.8, 4) is 0 Å². The molecular formula is C32H59N. The molecule has 0 saturated carbocycles. The van der Waals surface area contributed by atoms with Crippen LogP contribution in [-0.2, 0) is 0 Å². The minimum atomic E-state index is 0.545. The molecule has 1 rings (SSSR count). The van der Waals surface area contributed by atoms with Gasteiger partial charge >= 0.3 is 0 Å². The van der Waals surface area contributed by atoms with Crippen molar-refractivity contribution in [1.82, 2.24) is 4.90 Å². The molecule has 192 valence electrons. The molecule has 0 aliphatic heterocycles. The van der Waals surface area contributed by atoms with Gasteiger partial charge in [-0.3, -0.25) is 4.90 Å². The summed E-state index contributed by atoms with van der Waals surface area (Å²) in [6.07, 6.45) is 28.5. The lowest BCUT2D eigenvalue weighted by atomic mass is 10.0. The van der Waals surface area contributed by atoms with Gasteiger partial charge in [-0.2, -0.15) is 0 Å². The van der Waals surface area contributed by atoms with E-state index in [9.17, 15) is 0 Å². The van der Waals surface area contributed by atoms with Crippen LogP contribution in [0.2, 0.25) is 0 Å². The Labute approximate surface area is 209 Å². The second kappa shape index (κ2) is 22.9. The summed E-state index contributed by atoms with van der Waals surface area (Å²) in [7, 11) is 0. The molecule has 1 heteroatoms. The standard InChI is InChI=1S/C32H59N/c1-4-6-8-10-12-14-16-18-20-25-29-33(31(3)32-27-23-22-24-28-32)30-26-21-19-17-15-13-11-9-7-5-2/h22-24,27-28,31H,4-21,25-26,29-30H2,1-3H3. The van der Waals surface area contributed by atoms with Crippen molar-refractivity contribution in [2.75, 3.05) is 13.1 Å². The number of hydrogen-bond acceptors (Lipinski definition) is 1. The van der Waals surface area contributed by atoms with Crippen LogP contribution in [-0.4, -0.2) is 18.0 Å². The first-order chi connectivity index (χ1) is 16.3. The van der Waals surface area contributed by atoms with E-state index in [0.717, 1.165) is 0 Å². The third-order valence-corrected chi connectivity index (χ3v) is 7.43. The molecule has 0 aromatic heterocycles. The summed E-state index contributed by atoms with van der Waals surface area (Å²) >= 11 is 0. The van der Waals surface area contributed by atoms with Gasteiger partial charge in [0.1, 0.15) is 0 Å². The quantitative estimate of drug-likeness (QED) is 0.139. The molecule has 0 saturated heterocycles. The molecule has 1 aromatic carbocycles. The Morgan fingerprint density at radius 2 is 0.818 bits per heavy atom. The van der Waals surface area contributed by atoms with Crippen LogP contribution < -0.4 is 0 Å². The van der Waals surface area contributed by atoms with Gasteiger partial charge in [0.25, 0.3) is 0 Å². The van der Waals surface area contributed by atoms with Gasteiger partial charge in [0, 0.05) is 6.04 Å². The molecule has 0 aliphatic rings. The van der Waals surface area contributed by atoms with Crippen molar-refractivity contribution in [3.05, 3.63) is 35.9 Å². The van der Waals surface area contributed by atoms with Crippen LogP contribution in [0.1, 0.15) is 161 Å². The highest BCUT2D eigenvalue weighted by Crippen LogP contribution is 2.22.